The van der Waals surface area contributed by atoms with Crippen LogP contribution in [0.1, 0.15) is 38.8 Å². The zero-order valence-electron chi connectivity index (χ0n) is 12.6. The van der Waals surface area contributed by atoms with Gasteiger partial charge in [-0.2, -0.15) is 0 Å². The first-order valence-corrected chi connectivity index (χ1v) is 7.41. The van der Waals surface area contributed by atoms with Crippen LogP contribution < -0.4 is 0 Å². The minimum Gasteiger partial charge on any atom is -0.444 e. The summed E-state index contributed by atoms with van der Waals surface area (Å²) in [7, 11) is 0. The van der Waals surface area contributed by atoms with Crippen molar-refractivity contribution in [2.45, 2.75) is 52.2 Å². The van der Waals surface area contributed by atoms with E-state index in [0.29, 0.717) is 6.54 Å². The molecule has 0 spiro atoms. The Balaban J connectivity index is 2.15. The van der Waals surface area contributed by atoms with Crippen LogP contribution >= 0.6 is 11.6 Å². The summed E-state index contributed by atoms with van der Waals surface area (Å²) < 4.78 is 5.49. The van der Waals surface area contributed by atoms with E-state index in [4.69, 9.17) is 16.3 Å². The molecule has 1 amide bonds. The van der Waals surface area contributed by atoms with Crippen molar-refractivity contribution in [3.63, 3.8) is 0 Å². The molecule has 1 heterocycles. The summed E-state index contributed by atoms with van der Waals surface area (Å²) in [5.41, 5.74) is 2.04. The molecule has 1 aromatic carbocycles. The van der Waals surface area contributed by atoms with E-state index in [2.05, 4.69) is 13.0 Å². The Morgan fingerprint density at radius 3 is 2.70 bits per heavy atom. The van der Waals surface area contributed by atoms with Gasteiger partial charge >= 0.3 is 6.09 Å². The second-order valence-electron chi connectivity index (χ2n) is 6.39. The summed E-state index contributed by atoms with van der Waals surface area (Å²) in [6.07, 6.45) is 1.43. The monoisotopic (exact) mass is 295 g/mol. The van der Waals surface area contributed by atoms with Crippen molar-refractivity contribution >= 4 is 17.7 Å². The van der Waals surface area contributed by atoms with Gasteiger partial charge in [0.2, 0.25) is 0 Å². The van der Waals surface area contributed by atoms with Crippen molar-refractivity contribution in [3.8, 4) is 0 Å². The van der Waals surface area contributed by atoms with Crippen LogP contribution in [0.4, 0.5) is 4.79 Å². The van der Waals surface area contributed by atoms with Gasteiger partial charge in [-0.05, 0) is 63.8 Å². The van der Waals surface area contributed by atoms with Crippen LogP contribution in [0.25, 0.3) is 0 Å². The number of hydrogen-bond acceptors (Lipinski definition) is 2. The predicted molar refractivity (Wildman–Crippen MR) is 81.3 cm³/mol. The molecule has 0 aliphatic carbocycles. The van der Waals surface area contributed by atoms with Crippen molar-refractivity contribution < 1.29 is 9.53 Å². The molecule has 0 fully saturated rings. The van der Waals surface area contributed by atoms with Crippen molar-refractivity contribution in [1.29, 1.82) is 0 Å². The molecule has 110 valence electrons. The SMILES string of the molecule is C[C@@H]1Cc2cc(Cl)ccc2CCN1C(=O)OC(C)(C)C. The Kier molecular flexibility index (Phi) is 4.28. The van der Waals surface area contributed by atoms with Crippen LogP contribution in [0.5, 0.6) is 0 Å². The first-order chi connectivity index (χ1) is 9.26. The standard InChI is InChI=1S/C16H22ClNO2/c1-11-9-13-10-14(17)6-5-12(13)7-8-18(11)15(19)20-16(2,3)4/h5-6,10-11H,7-9H2,1-4H3/t11-/m1/s1. The van der Waals surface area contributed by atoms with Gasteiger partial charge in [0.1, 0.15) is 5.60 Å². The van der Waals surface area contributed by atoms with Crippen LogP contribution in [0.15, 0.2) is 18.2 Å². The van der Waals surface area contributed by atoms with Crippen LogP contribution in [0.2, 0.25) is 5.02 Å². The Morgan fingerprint density at radius 1 is 1.35 bits per heavy atom. The third kappa shape index (κ3) is 3.66. The van der Waals surface area contributed by atoms with Gasteiger partial charge in [-0.3, -0.25) is 0 Å². The zero-order chi connectivity index (χ0) is 14.9. The van der Waals surface area contributed by atoms with E-state index < -0.39 is 5.60 Å². The molecule has 3 nitrogen and oxygen atoms in total. The molecule has 0 saturated heterocycles. The first-order valence-electron chi connectivity index (χ1n) is 7.03. The summed E-state index contributed by atoms with van der Waals surface area (Å²) >= 11 is 6.06. The van der Waals surface area contributed by atoms with Crippen LogP contribution in [-0.2, 0) is 17.6 Å². The second kappa shape index (κ2) is 5.65. The average Bonchev–Trinajstić information content (AvgIpc) is 2.44. The molecule has 1 aliphatic heterocycles. The lowest BCUT2D eigenvalue weighted by Gasteiger charge is -2.30. The predicted octanol–water partition coefficient (Wildman–Crippen LogP) is 4.06. The van der Waals surface area contributed by atoms with Crippen molar-refractivity contribution in [2.75, 3.05) is 6.54 Å². The lowest BCUT2D eigenvalue weighted by molar-refractivity contribution is 0.0185. The third-order valence-electron chi connectivity index (χ3n) is 3.47. The first kappa shape index (κ1) is 15.2. The van der Waals surface area contributed by atoms with E-state index >= 15 is 0 Å². The molecule has 1 aromatic rings. The van der Waals surface area contributed by atoms with Crippen LogP contribution in [0.3, 0.4) is 0 Å². The molecule has 0 N–H and O–H groups in total. The molecule has 1 atom stereocenters. The minimum atomic E-state index is -0.459. The van der Waals surface area contributed by atoms with E-state index in [1.54, 1.807) is 0 Å². The van der Waals surface area contributed by atoms with Gasteiger partial charge in [0.15, 0.2) is 0 Å². The summed E-state index contributed by atoms with van der Waals surface area (Å²) in [6, 6.07) is 6.09. The normalized spacial score (nSPS) is 19.2. The lowest BCUT2D eigenvalue weighted by Crippen LogP contribution is -2.43. The van der Waals surface area contributed by atoms with Crippen molar-refractivity contribution in [2.24, 2.45) is 0 Å². The van der Waals surface area contributed by atoms with E-state index in [0.717, 1.165) is 17.9 Å². The van der Waals surface area contributed by atoms with E-state index in [1.165, 1.54) is 11.1 Å². The molecule has 20 heavy (non-hydrogen) atoms. The highest BCUT2D eigenvalue weighted by Gasteiger charge is 2.28. The summed E-state index contributed by atoms with van der Waals surface area (Å²) in [6.45, 7) is 8.41. The highest BCUT2D eigenvalue weighted by atomic mass is 35.5. The summed E-state index contributed by atoms with van der Waals surface area (Å²) in [4.78, 5) is 14.1. The lowest BCUT2D eigenvalue weighted by atomic mass is 10.0. The topological polar surface area (TPSA) is 29.5 Å². The fourth-order valence-electron chi connectivity index (χ4n) is 2.51. The molecule has 1 aliphatic rings. The van der Waals surface area contributed by atoms with E-state index in [9.17, 15) is 4.79 Å². The molecule has 0 bridgehead atoms. The van der Waals surface area contributed by atoms with Gasteiger partial charge in [0, 0.05) is 17.6 Å². The highest BCUT2D eigenvalue weighted by Crippen LogP contribution is 2.24. The molecule has 4 heteroatoms. The number of fused-ring (bicyclic) bond motifs is 1. The number of benzene rings is 1. The zero-order valence-corrected chi connectivity index (χ0v) is 13.3. The van der Waals surface area contributed by atoms with Gasteiger partial charge in [-0.1, -0.05) is 17.7 Å². The van der Waals surface area contributed by atoms with Gasteiger partial charge in [-0.25, -0.2) is 4.79 Å². The number of carbonyl (C=O) groups is 1. The average molecular weight is 296 g/mol. The molecule has 0 saturated carbocycles. The number of nitrogens with zero attached hydrogens (tertiary/aromatic N) is 1. The third-order valence-corrected chi connectivity index (χ3v) is 3.70. The largest absolute Gasteiger partial charge is 0.444 e. The minimum absolute atomic E-state index is 0.115. The maximum atomic E-state index is 12.3. The molecular formula is C16H22ClNO2. The highest BCUT2D eigenvalue weighted by molar-refractivity contribution is 6.30. The maximum absolute atomic E-state index is 12.3. The maximum Gasteiger partial charge on any atom is 0.410 e. The quantitative estimate of drug-likeness (QED) is 0.722. The Labute approximate surface area is 125 Å². The number of carbonyl (C=O) groups excluding carboxylic acids is 1. The Bertz CT molecular complexity index is 508. The number of ether oxygens (including phenoxy) is 1. The number of rotatable bonds is 0. The van der Waals surface area contributed by atoms with E-state index in [-0.39, 0.29) is 12.1 Å². The molecule has 2 rings (SSSR count). The molecular weight excluding hydrogens is 274 g/mol. The van der Waals surface area contributed by atoms with Crippen LogP contribution in [-0.4, -0.2) is 29.2 Å². The van der Waals surface area contributed by atoms with Gasteiger partial charge in [0.05, 0.1) is 0 Å². The van der Waals surface area contributed by atoms with Crippen molar-refractivity contribution in [1.82, 2.24) is 4.90 Å². The Hall–Kier alpha value is -1.22. The fourth-order valence-corrected chi connectivity index (χ4v) is 2.70. The second-order valence-corrected chi connectivity index (χ2v) is 6.83. The summed E-state index contributed by atoms with van der Waals surface area (Å²) in [5, 5.41) is 0.752. The molecule has 0 aromatic heterocycles. The number of halogens is 1. The van der Waals surface area contributed by atoms with E-state index in [1.807, 2.05) is 37.8 Å². The van der Waals surface area contributed by atoms with Crippen LogP contribution in [0, 0.1) is 0 Å². The number of amides is 1. The Morgan fingerprint density at radius 2 is 2.05 bits per heavy atom. The summed E-state index contributed by atoms with van der Waals surface area (Å²) in [5.74, 6) is 0. The van der Waals surface area contributed by atoms with Gasteiger partial charge < -0.3 is 9.64 Å². The van der Waals surface area contributed by atoms with Gasteiger partial charge in [0.25, 0.3) is 0 Å². The van der Waals surface area contributed by atoms with Gasteiger partial charge in [-0.15, -0.1) is 0 Å². The fraction of sp³-hybridized carbons (Fsp3) is 0.562. The molecule has 0 unspecified atom stereocenters. The number of hydrogen-bond donors (Lipinski definition) is 0. The van der Waals surface area contributed by atoms with Crippen molar-refractivity contribution in [3.05, 3.63) is 34.3 Å². The smallest absolute Gasteiger partial charge is 0.410 e. The molecule has 0 radical (unpaired) electrons.